The second-order valence-corrected chi connectivity index (χ2v) is 20.2. The average Bonchev–Trinajstić information content (AvgIpc) is 4.45. The SMILES string of the molecule is Cc1cc(-c2ncn(/C=C\C(=O)CNC(=O)C(C)(C)C)n2)cc(C(F)(F)F)c1.Cc1cc(C)cc(-c2ncn(/C=C\C(=O)NNC(=O)CN3CCCCC3)n2)c1.Cc1cc(C)cc(-c2ncn(/C=C\C(=O)NNC(=O)c3cnccn3)n2)c1. The first-order valence-electron chi connectivity index (χ1n) is 26.0. The maximum atomic E-state index is 13.0. The highest BCUT2D eigenvalue weighted by molar-refractivity contribution is 5.97. The number of carbonyl (C=O) groups is 6. The fraction of sp³-hybridized carbons (Fsp3) is 0.298. The summed E-state index contributed by atoms with van der Waals surface area (Å²) in [4.78, 5) is 93.1. The predicted octanol–water partition coefficient (Wildman–Crippen LogP) is 6.42. The Morgan fingerprint density at radius 2 is 1.01 bits per heavy atom. The molecule has 23 nitrogen and oxygen atoms in total. The number of benzene rings is 3. The molecule has 1 aliphatic rings. The van der Waals surface area contributed by atoms with Gasteiger partial charge in [0.1, 0.15) is 24.7 Å². The van der Waals surface area contributed by atoms with Crippen LogP contribution in [0.5, 0.6) is 0 Å². The van der Waals surface area contributed by atoms with E-state index in [1.54, 1.807) is 33.8 Å². The van der Waals surface area contributed by atoms with Crippen molar-refractivity contribution in [3.8, 4) is 34.2 Å². The van der Waals surface area contributed by atoms with E-state index >= 15 is 0 Å². The van der Waals surface area contributed by atoms with Crippen LogP contribution in [0.3, 0.4) is 0 Å². The van der Waals surface area contributed by atoms with Crippen molar-refractivity contribution in [3.05, 3.63) is 149 Å². The van der Waals surface area contributed by atoms with Crippen LogP contribution in [0.15, 0.2) is 110 Å². The highest BCUT2D eigenvalue weighted by atomic mass is 19.4. The van der Waals surface area contributed by atoms with Crippen molar-refractivity contribution in [2.24, 2.45) is 5.41 Å². The summed E-state index contributed by atoms with van der Waals surface area (Å²) >= 11 is 0. The van der Waals surface area contributed by atoms with Crippen LogP contribution in [0.1, 0.15) is 83.9 Å². The van der Waals surface area contributed by atoms with Crippen molar-refractivity contribution in [3.63, 3.8) is 0 Å². The van der Waals surface area contributed by atoms with E-state index in [-0.39, 0.29) is 41.2 Å². The van der Waals surface area contributed by atoms with Gasteiger partial charge in [-0.2, -0.15) is 13.2 Å². The lowest BCUT2D eigenvalue weighted by Crippen LogP contribution is -2.46. The minimum absolute atomic E-state index is 0.0937. The molecular weight excluding hydrogens is 1080 g/mol. The lowest BCUT2D eigenvalue weighted by atomic mass is 9.96. The molecule has 0 unspecified atom stereocenters. The molecule has 0 saturated carbocycles. The molecule has 26 heteroatoms. The van der Waals surface area contributed by atoms with Crippen LogP contribution in [-0.2, 0) is 30.1 Å². The Morgan fingerprint density at radius 3 is 1.47 bits per heavy atom. The van der Waals surface area contributed by atoms with Crippen molar-refractivity contribution >= 4 is 53.9 Å². The Morgan fingerprint density at radius 1 is 0.554 bits per heavy atom. The van der Waals surface area contributed by atoms with E-state index in [4.69, 9.17) is 0 Å². The monoisotopic (exact) mass is 1140 g/mol. The van der Waals surface area contributed by atoms with E-state index in [1.165, 1.54) is 94.9 Å². The van der Waals surface area contributed by atoms with Crippen molar-refractivity contribution < 1.29 is 41.9 Å². The third-order valence-corrected chi connectivity index (χ3v) is 11.7. The highest BCUT2D eigenvalue weighted by Gasteiger charge is 2.31. The topological polar surface area (TPSA) is 284 Å². The summed E-state index contributed by atoms with van der Waals surface area (Å²) in [6, 6.07) is 15.7. The lowest BCUT2D eigenvalue weighted by Gasteiger charge is -2.25. The smallest absolute Gasteiger partial charge is 0.348 e. The quantitative estimate of drug-likeness (QED) is 0.0580. The number of halogens is 3. The molecule has 0 atom stereocenters. The first-order valence-corrected chi connectivity index (χ1v) is 26.0. The number of ketones is 1. The molecule has 0 spiro atoms. The zero-order valence-electron chi connectivity index (χ0n) is 47.0. The summed E-state index contributed by atoms with van der Waals surface area (Å²) in [6.45, 7) is 16.8. The average molecular weight is 1140 g/mol. The van der Waals surface area contributed by atoms with Gasteiger partial charge in [-0.25, -0.2) is 34.0 Å². The summed E-state index contributed by atoms with van der Waals surface area (Å²) in [7, 11) is 0. The summed E-state index contributed by atoms with van der Waals surface area (Å²) in [6.07, 6.45) is 15.4. The minimum atomic E-state index is -4.47. The van der Waals surface area contributed by atoms with Crippen LogP contribution in [-0.4, -0.2) is 121 Å². The van der Waals surface area contributed by atoms with E-state index in [1.807, 2.05) is 52.0 Å². The molecule has 434 valence electrons. The lowest BCUT2D eigenvalue weighted by molar-refractivity contribution is -0.137. The fourth-order valence-corrected chi connectivity index (χ4v) is 7.83. The number of aryl methyl sites for hydroxylation is 5. The van der Waals surface area contributed by atoms with E-state index in [0.29, 0.717) is 23.8 Å². The maximum absolute atomic E-state index is 13.0. The Balaban J connectivity index is 0.000000200. The third kappa shape index (κ3) is 20.6. The van der Waals surface area contributed by atoms with E-state index in [2.05, 4.69) is 84.3 Å². The van der Waals surface area contributed by atoms with Gasteiger partial charge < -0.3 is 5.32 Å². The molecule has 4 aromatic heterocycles. The number of nitrogens with zero attached hydrogens (tertiary/aromatic N) is 12. The molecule has 5 heterocycles. The number of carbonyl (C=O) groups excluding carboxylic acids is 6. The normalized spacial score (nSPS) is 12.7. The molecule has 0 radical (unpaired) electrons. The zero-order chi connectivity index (χ0) is 60.3. The number of rotatable bonds is 14. The number of likely N-dealkylation sites (tertiary alicyclic amines) is 1. The van der Waals surface area contributed by atoms with Crippen LogP contribution in [0, 0.1) is 40.0 Å². The molecule has 0 aliphatic carbocycles. The molecule has 1 fully saturated rings. The number of piperidine rings is 1. The molecule has 8 rings (SSSR count). The van der Waals surface area contributed by atoms with Crippen LogP contribution in [0.2, 0.25) is 0 Å². The molecule has 1 saturated heterocycles. The summed E-state index contributed by atoms with van der Waals surface area (Å²) < 4.78 is 43.0. The Kier molecular flexibility index (Phi) is 21.8. The van der Waals surface area contributed by atoms with Gasteiger partial charge in [-0.3, -0.25) is 60.4 Å². The number of amides is 5. The van der Waals surface area contributed by atoms with Crippen molar-refractivity contribution in [1.29, 1.82) is 0 Å². The van der Waals surface area contributed by atoms with Gasteiger partial charge >= 0.3 is 6.18 Å². The Hall–Kier alpha value is -9.85. The van der Waals surface area contributed by atoms with Crippen LogP contribution in [0.25, 0.3) is 52.8 Å². The van der Waals surface area contributed by atoms with E-state index in [0.717, 1.165) is 71.4 Å². The number of hydrogen-bond donors (Lipinski definition) is 5. The van der Waals surface area contributed by atoms with Gasteiger partial charge in [0.25, 0.3) is 23.6 Å². The third-order valence-electron chi connectivity index (χ3n) is 11.7. The number of hydrazine groups is 2. The summed E-state index contributed by atoms with van der Waals surface area (Å²) in [5.74, 6) is -1.11. The van der Waals surface area contributed by atoms with Crippen molar-refractivity contribution in [1.82, 2.24) is 86.2 Å². The summed E-state index contributed by atoms with van der Waals surface area (Å²) in [5, 5.41) is 15.3. The van der Waals surface area contributed by atoms with Gasteiger partial charge in [0.15, 0.2) is 23.3 Å². The predicted molar refractivity (Wildman–Crippen MR) is 303 cm³/mol. The van der Waals surface area contributed by atoms with Gasteiger partial charge in [-0.15, -0.1) is 15.3 Å². The number of aromatic nitrogens is 11. The largest absolute Gasteiger partial charge is 0.416 e. The molecular formula is C57H64F3N17O6. The van der Waals surface area contributed by atoms with Crippen molar-refractivity contribution in [2.75, 3.05) is 26.2 Å². The second-order valence-electron chi connectivity index (χ2n) is 20.2. The Bertz CT molecular complexity index is 3460. The van der Waals surface area contributed by atoms with E-state index in [9.17, 15) is 41.9 Å². The number of nitrogens with one attached hydrogen (secondary N) is 5. The molecule has 7 aromatic rings. The van der Waals surface area contributed by atoms with E-state index < -0.39 is 34.9 Å². The standard InChI is InChI=1S/C20H26N6O2.C19H21F3N4O2.C18H17N7O2/c1-15-10-16(2)12-17(11-15)20-21-14-26(24-20)9-6-18(27)22-23-19(28)13-25-7-4-3-5-8-25;1-12-7-13(9-14(8-12)19(20,21)22)16-24-11-26(25-16)6-5-15(27)10-23-17(28)18(2,3)4;1-12-7-13(2)9-14(8-12)17-21-11-25(24-17)6-3-16(26)22-23-18(27)15-10-19-4-5-20-15/h6,9-12,14H,3-5,7-8,13H2,1-2H3,(H,22,27)(H,23,28);5-9,11H,10H2,1-4H3,(H,23,28);3-11H,1-2H3,(H,22,26)(H,23,27)/b9-6-;6-5-;6-3-. The van der Waals surface area contributed by atoms with Gasteiger partial charge in [-0.05, 0) is 109 Å². The Labute approximate surface area is 476 Å². The minimum Gasteiger partial charge on any atom is -0.348 e. The van der Waals surface area contributed by atoms with Gasteiger partial charge in [0.2, 0.25) is 5.91 Å². The zero-order valence-corrected chi connectivity index (χ0v) is 47.0. The van der Waals surface area contributed by atoms with Crippen LogP contribution in [0.4, 0.5) is 13.2 Å². The van der Waals surface area contributed by atoms with Crippen molar-refractivity contribution in [2.45, 2.75) is 80.8 Å². The number of alkyl halides is 3. The van der Waals surface area contributed by atoms with Gasteiger partial charge in [0.05, 0.1) is 24.8 Å². The molecule has 83 heavy (non-hydrogen) atoms. The second kappa shape index (κ2) is 29.0. The highest BCUT2D eigenvalue weighted by Crippen LogP contribution is 2.32. The van der Waals surface area contributed by atoms with Gasteiger partial charge in [-0.1, -0.05) is 61.6 Å². The molecule has 3 aromatic carbocycles. The van der Waals surface area contributed by atoms with Crippen LogP contribution >= 0.6 is 0 Å². The number of hydrogen-bond acceptors (Lipinski definition) is 15. The van der Waals surface area contributed by atoms with Crippen LogP contribution < -0.4 is 27.0 Å². The first kappa shape index (κ1) is 62.3. The first-order chi connectivity index (χ1) is 39.4. The van der Waals surface area contributed by atoms with Gasteiger partial charge in [0, 0.05) is 71.3 Å². The molecule has 0 bridgehead atoms. The maximum Gasteiger partial charge on any atom is 0.416 e. The fourth-order valence-electron chi connectivity index (χ4n) is 7.83. The molecule has 5 amide bonds. The summed E-state index contributed by atoms with van der Waals surface area (Å²) in [5.41, 5.74) is 15.0. The molecule has 5 N–H and O–H groups in total. The molecule has 1 aliphatic heterocycles.